The van der Waals surface area contributed by atoms with Gasteiger partial charge in [0, 0.05) is 13.5 Å². The molecule has 0 aliphatic carbocycles. The van der Waals surface area contributed by atoms with Gasteiger partial charge in [-0.2, -0.15) is 0 Å². The van der Waals surface area contributed by atoms with Crippen LogP contribution in [0.25, 0.3) is 0 Å². The summed E-state index contributed by atoms with van der Waals surface area (Å²) in [6.45, 7) is 5.71. The van der Waals surface area contributed by atoms with Crippen molar-refractivity contribution in [3.63, 3.8) is 0 Å². The molecular weight excluding hydrogens is 554 g/mol. The maximum atomic E-state index is 12.5. The lowest BCUT2D eigenvalue weighted by atomic mass is 9.95. The molecule has 7 heteroatoms. The van der Waals surface area contributed by atoms with E-state index in [0.717, 1.165) is 29.5 Å². The van der Waals surface area contributed by atoms with Crippen molar-refractivity contribution in [1.82, 2.24) is 5.32 Å². The van der Waals surface area contributed by atoms with E-state index in [2.05, 4.69) is 12.2 Å². The van der Waals surface area contributed by atoms with E-state index in [1.54, 1.807) is 0 Å². The molecule has 1 fully saturated rings. The van der Waals surface area contributed by atoms with Crippen LogP contribution in [-0.2, 0) is 48.3 Å². The van der Waals surface area contributed by atoms with Crippen LogP contribution in [-0.4, -0.2) is 49.8 Å². The van der Waals surface area contributed by atoms with Gasteiger partial charge in [0.1, 0.15) is 24.4 Å². The van der Waals surface area contributed by atoms with E-state index in [1.807, 2.05) is 91.0 Å². The number of carbonyl (C=O) groups is 1. The van der Waals surface area contributed by atoms with Crippen LogP contribution in [0.5, 0.6) is 0 Å². The van der Waals surface area contributed by atoms with Crippen LogP contribution < -0.4 is 5.32 Å². The molecule has 0 unspecified atom stereocenters. The van der Waals surface area contributed by atoms with Gasteiger partial charge in [-0.1, -0.05) is 130 Å². The quantitative estimate of drug-likeness (QED) is 0.149. The number of benzene rings is 3. The van der Waals surface area contributed by atoms with Gasteiger partial charge in [-0.05, 0) is 23.1 Å². The molecule has 3 aromatic carbocycles. The van der Waals surface area contributed by atoms with E-state index in [1.165, 1.54) is 32.6 Å². The Kier molecular flexibility index (Phi) is 14.9. The Morgan fingerprint density at radius 2 is 1.20 bits per heavy atom. The fraction of sp³-hybridized carbons (Fsp3) is 0.486. The summed E-state index contributed by atoms with van der Waals surface area (Å²) in [4.78, 5) is 12.5. The van der Waals surface area contributed by atoms with Crippen molar-refractivity contribution in [3.8, 4) is 0 Å². The minimum Gasteiger partial charge on any atom is -0.374 e. The molecule has 1 heterocycles. The molecule has 7 nitrogen and oxygen atoms in total. The molecule has 1 aliphatic heterocycles. The zero-order chi connectivity index (χ0) is 30.8. The smallest absolute Gasteiger partial charge is 0.217 e. The van der Waals surface area contributed by atoms with Gasteiger partial charge in [0.2, 0.25) is 5.91 Å². The van der Waals surface area contributed by atoms with E-state index < -0.39 is 30.6 Å². The van der Waals surface area contributed by atoms with Crippen LogP contribution in [0, 0.1) is 0 Å². The molecule has 1 amide bonds. The van der Waals surface area contributed by atoms with Crippen molar-refractivity contribution in [2.45, 2.75) is 103 Å². The normalized spacial score (nSPS) is 21.6. The Bertz CT molecular complexity index is 1180. The third kappa shape index (κ3) is 11.5. The van der Waals surface area contributed by atoms with Crippen LogP contribution in [0.1, 0.15) is 69.1 Å². The Hall–Kier alpha value is -3.07. The molecule has 1 N–H and O–H groups in total. The van der Waals surface area contributed by atoms with Gasteiger partial charge in [0.05, 0.1) is 26.4 Å². The monoisotopic (exact) mass is 603 g/mol. The predicted octanol–water partition coefficient (Wildman–Crippen LogP) is 6.98. The molecule has 0 bridgehead atoms. The van der Waals surface area contributed by atoms with Gasteiger partial charge in [0.15, 0.2) is 6.29 Å². The minimum absolute atomic E-state index is 0.180. The fourth-order valence-corrected chi connectivity index (χ4v) is 5.45. The summed E-state index contributed by atoms with van der Waals surface area (Å²) in [7, 11) is 0. The maximum absolute atomic E-state index is 12.5. The maximum Gasteiger partial charge on any atom is 0.217 e. The molecule has 238 valence electrons. The standard InChI is InChI=1S/C37H49NO6/c1-3-4-5-6-7-17-24-41-37-34(38-29(2)39)36(43-27-32-22-15-10-16-23-32)35(42-26-31-20-13-9-14-21-31)33(44-37)28-40-25-30-18-11-8-12-19-30/h8-16,18-23,33-37H,3-7,17,24-28H2,1-2H3,(H,38,39)/t33-,34-,35-,36-,37-/m1/s1. The lowest BCUT2D eigenvalue weighted by Crippen LogP contribution is -2.66. The molecule has 3 aromatic rings. The predicted molar refractivity (Wildman–Crippen MR) is 172 cm³/mol. The Labute approximate surface area is 263 Å². The molecule has 0 aromatic heterocycles. The molecule has 0 spiro atoms. The number of hydrogen-bond donors (Lipinski definition) is 1. The number of nitrogens with one attached hydrogen (secondary N) is 1. The summed E-state index contributed by atoms with van der Waals surface area (Å²) in [5, 5.41) is 3.08. The van der Waals surface area contributed by atoms with E-state index in [9.17, 15) is 4.79 Å². The van der Waals surface area contributed by atoms with Crippen LogP contribution in [0.15, 0.2) is 91.0 Å². The first-order valence-electron chi connectivity index (χ1n) is 16.1. The summed E-state index contributed by atoms with van der Waals surface area (Å²) in [5.41, 5.74) is 3.15. The van der Waals surface area contributed by atoms with Gasteiger partial charge in [-0.15, -0.1) is 0 Å². The molecule has 4 rings (SSSR count). The summed E-state index contributed by atoms with van der Waals surface area (Å²) < 4.78 is 32.4. The zero-order valence-corrected chi connectivity index (χ0v) is 26.3. The van der Waals surface area contributed by atoms with Crippen molar-refractivity contribution >= 4 is 5.91 Å². The van der Waals surface area contributed by atoms with Crippen molar-refractivity contribution in [1.29, 1.82) is 0 Å². The van der Waals surface area contributed by atoms with E-state index in [0.29, 0.717) is 26.4 Å². The first kappa shape index (κ1) is 33.8. The molecule has 0 saturated carbocycles. The Morgan fingerprint density at radius 3 is 1.77 bits per heavy atom. The number of hydrogen-bond acceptors (Lipinski definition) is 6. The van der Waals surface area contributed by atoms with Crippen molar-refractivity contribution in [3.05, 3.63) is 108 Å². The van der Waals surface area contributed by atoms with Gasteiger partial charge in [-0.3, -0.25) is 4.79 Å². The second-order valence-electron chi connectivity index (χ2n) is 11.4. The van der Waals surface area contributed by atoms with Crippen LogP contribution in [0.3, 0.4) is 0 Å². The highest BCUT2D eigenvalue weighted by Crippen LogP contribution is 2.29. The number of ether oxygens (including phenoxy) is 5. The summed E-state index contributed by atoms with van der Waals surface area (Å²) in [6.07, 6.45) is 4.65. The largest absolute Gasteiger partial charge is 0.374 e. The average Bonchev–Trinajstić information content (AvgIpc) is 3.05. The molecule has 5 atom stereocenters. The fourth-order valence-electron chi connectivity index (χ4n) is 5.45. The van der Waals surface area contributed by atoms with Crippen molar-refractivity contribution < 1.29 is 28.5 Å². The highest BCUT2D eigenvalue weighted by molar-refractivity contribution is 5.73. The third-order valence-corrected chi connectivity index (χ3v) is 7.76. The number of rotatable bonds is 19. The Balaban J connectivity index is 1.54. The third-order valence-electron chi connectivity index (χ3n) is 7.76. The highest BCUT2D eigenvalue weighted by Gasteiger charge is 2.48. The van der Waals surface area contributed by atoms with Gasteiger partial charge in [0.25, 0.3) is 0 Å². The van der Waals surface area contributed by atoms with Gasteiger partial charge >= 0.3 is 0 Å². The topological polar surface area (TPSA) is 75.2 Å². The second-order valence-corrected chi connectivity index (χ2v) is 11.4. The van der Waals surface area contributed by atoms with E-state index >= 15 is 0 Å². The lowest BCUT2D eigenvalue weighted by molar-refractivity contribution is -0.290. The minimum atomic E-state index is -0.711. The number of amides is 1. The summed E-state index contributed by atoms with van der Waals surface area (Å²) >= 11 is 0. The molecule has 1 saturated heterocycles. The summed E-state index contributed by atoms with van der Waals surface area (Å²) in [6, 6.07) is 29.5. The Morgan fingerprint density at radius 1 is 0.682 bits per heavy atom. The van der Waals surface area contributed by atoms with Crippen LogP contribution >= 0.6 is 0 Å². The highest BCUT2D eigenvalue weighted by atomic mass is 16.7. The van der Waals surface area contributed by atoms with E-state index in [-0.39, 0.29) is 12.5 Å². The molecule has 1 aliphatic rings. The van der Waals surface area contributed by atoms with Gasteiger partial charge < -0.3 is 29.0 Å². The van der Waals surface area contributed by atoms with Gasteiger partial charge in [-0.25, -0.2) is 0 Å². The SMILES string of the molecule is CCCCCCCCO[C@@H]1O[C@H](COCc2ccccc2)[C@@H](OCc2ccccc2)[C@H](OCc2ccccc2)[C@H]1NC(C)=O. The van der Waals surface area contributed by atoms with E-state index in [4.69, 9.17) is 23.7 Å². The molecule has 44 heavy (non-hydrogen) atoms. The number of carbonyl (C=O) groups excluding carboxylic acids is 1. The summed E-state index contributed by atoms with van der Waals surface area (Å²) in [5.74, 6) is -0.180. The molecule has 0 radical (unpaired) electrons. The molecular formula is C37H49NO6. The first-order valence-corrected chi connectivity index (χ1v) is 16.1. The lowest BCUT2D eigenvalue weighted by Gasteiger charge is -2.46. The second kappa shape index (κ2) is 19.3. The van der Waals surface area contributed by atoms with Crippen molar-refractivity contribution in [2.24, 2.45) is 0 Å². The average molecular weight is 604 g/mol. The first-order chi connectivity index (χ1) is 21.6. The van der Waals surface area contributed by atoms with Crippen LogP contribution in [0.4, 0.5) is 0 Å². The zero-order valence-electron chi connectivity index (χ0n) is 26.3. The van der Waals surface area contributed by atoms with Crippen molar-refractivity contribution in [2.75, 3.05) is 13.2 Å². The number of unbranched alkanes of at least 4 members (excludes halogenated alkanes) is 5. The van der Waals surface area contributed by atoms with Crippen LogP contribution in [0.2, 0.25) is 0 Å².